The van der Waals surface area contributed by atoms with Crippen molar-refractivity contribution in [2.75, 3.05) is 4.57 Å². The smallest absolute Gasteiger partial charge is 0.215 e. The number of para-hydroxylation sites is 1. The Bertz CT molecular complexity index is 248. The summed E-state index contributed by atoms with van der Waals surface area (Å²) in [5, 5.41) is 0. The van der Waals surface area contributed by atoms with Crippen LogP contribution in [0.1, 0.15) is 6.92 Å². The van der Waals surface area contributed by atoms with Crippen LogP contribution >= 0.6 is 0 Å². The summed E-state index contributed by atoms with van der Waals surface area (Å²) >= 11 is 0. The fraction of sp³-hybridized carbons (Fsp3) is 0.125. The Morgan fingerprint density at radius 1 is 1.36 bits per heavy atom. The molecule has 0 aliphatic rings. The Hall–Kier alpha value is -1.09. The summed E-state index contributed by atoms with van der Waals surface area (Å²) in [7, 11) is 0.745. The molecule has 0 bridgehead atoms. The molecule has 0 aliphatic carbocycles. The van der Waals surface area contributed by atoms with Gasteiger partial charge in [0, 0.05) is 12.6 Å². The van der Waals surface area contributed by atoms with Crippen LogP contribution in [0.25, 0.3) is 0 Å². The van der Waals surface area contributed by atoms with Gasteiger partial charge in [-0.05, 0) is 12.1 Å². The molecule has 0 fully saturated rings. The van der Waals surface area contributed by atoms with Crippen molar-refractivity contribution >= 4 is 22.0 Å². The average Bonchev–Trinajstić information content (AvgIpc) is 2.05. The van der Waals surface area contributed by atoms with E-state index in [0.29, 0.717) is 0 Å². The summed E-state index contributed by atoms with van der Waals surface area (Å²) in [5.74, 6) is 0.114. The first-order chi connectivity index (χ1) is 5.22. The normalized spacial score (nSPS) is 9.55. The molecule has 0 spiro atoms. The molecule has 11 heavy (non-hydrogen) atoms. The van der Waals surface area contributed by atoms with Crippen LogP contribution < -0.4 is 4.57 Å². The van der Waals surface area contributed by atoms with Crippen LogP contribution in [0.3, 0.4) is 0 Å². The molecule has 2 nitrogen and oxygen atoms in total. The monoisotopic (exact) mass is 165 g/mol. The zero-order chi connectivity index (χ0) is 8.27. The van der Waals surface area contributed by atoms with Crippen LogP contribution in [0.5, 0.6) is 0 Å². The van der Waals surface area contributed by atoms with Crippen LogP contribution in [-0.2, 0) is 4.79 Å². The Morgan fingerprint density at radius 2 is 1.91 bits per heavy atom. The fourth-order valence-electron chi connectivity index (χ4n) is 0.833. The van der Waals surface area contributed by atoms with Crippen molar-refractivity contribution in [3.05, 3.63) is 30.3 Å². The van der Waals surface area contributed by atoms with Crippen molar-refractivity contribution < 1.29 is 4.79 Å². The number of hydrogen-bond acceptors (Lipinski definition) is 1. The minimum atomic E-state index is 0.114. The van der Waals surface area contributed by atoms with E-state index in [1.165, 1.54) is 0 Å². The summed E-state index contributed by atoms with van der Waals surface area (Å²) in [6.07, 6.45) is 0. The number of nitrogens with zero attached hydrogens (tertiary/aromatic N) is 1. The molecule has 1 amide bonds. The van der Waals surface area contributed by atoms with E-state index in [4.69, 9.17) is 0 Å². The predicted octanol–water partition coefficient (Wildman–Crippen LogP) is 0.320. The highest BCUT2D eigenvalue weighted by molar-refractivity contribution is 6.30. The van der Waals surface area contributed by atoms with E-state index in [9.17, 15) is 4.79 Å². The highest BCUT2D eigenvalue weighted by Crippen LogP contribution is 2.09. The standard InChI is InChI=1S/C8H11NOSi/c1-7(10)9(11)8-5-3-2-4-6-8/h2-6H,1,11H3. The third kappa shape index (κ3) is 1.91. The zero-order valence-corrected chi connectivity index (χ0v) is 8.74. The summed E-state index contributed by atoms with van der Waals surface area (Å²) in [6.45, 7) is 1.58. The molecular weight excluding hydrogens is 154 g/mol. The van der Waals surface area contributed by atoms with E-state index in [1.807, 2.05) is 30.3 Å². The van der Waals surface area contributed by atoms with Crippen molar-refractivity contribution in [1.29, 1.82) is 0 Å². The van der Waals surface area contributed by atoms with Crippen molar-refractivity contribution in [3.8, 4) is 0 Å². The van der Waals surface area contributed by atoms with E-state index in [2.05, 4.69) is 0 Å². The van der Waals surface area contributed by atoms with Crippen LogP contribution in [0, 0.1) is 0 Å². The van der Waals surface area contributed by atoms with Crippen LogP contribution in [0.15, 0.2) is 30.3 Å². The van der Waals surface area contributed by atoms with E-state index in [0.717, 1.165) is 16.1 Å². The molecule has 3 heteroatoms. The molecule has 0 unspecified atom stereocenters. The lowest BCUT2D eigenvalue weighted by molar-refractivity contribution is -0.115. The third-order valence-electron chi connectivity index (χ3n) is 1.62. The predicted molar refractivity (Wildman–Crippen MR) is 49.5 cm³/mol. The Morgan fingerprint density at radius 3 is 2.36 bits per heavy atom. The van der Waals surface area contributed by atoms with E-state index < -0.39 is 0 Å². The molecule has 0 aliphatic heterocycles. The molecule has 0 radical (unpaired) electrons. The largest absolute Gasteiger partial charge is 0.350 e. The molecule has 0 aromatic heterocycles. The SMILES string of the molecule is CC(=O)N([SiH3])c1ccccc1. The van der Waals surface area contributed by atoms with Gasteiger partial charge in [-0.1, -0.05) is 18.2 Å². The maximum absolute atomic E-state index is 10.9. The van der Waals surface area contributed by atoms with E-state index in [1.54, 1.807) is 11.5 Å². The average molecular weight is 165 g/mol. The van der Waals surface area contributed by atoms with Gasteiger partial charge in [-0.25, -0.2) is 0 Å². The Labute approximate surface area is 69.3 Å². The molecular formula is C8H11NOSi. The van der Waals surface area contributed by atoms with Crippen LogP contribution in [-0.4, -0.2) is 16.3 Å². The first-order valence-electron chi connectivity index (χ1n) is 3.51. The molecule has 0 saturated carbocycles. The lowest BCUT2D eigenvalue weighted by Crippen LogP contribution is -2.24. The molecule has 0 heterocycles. The minimum Gasteiger partial charge on any atom is -0.350 e. The highest BCUT2D eigenvalue weighted by Gasteiger charge is 2.01. The van der Waals surface area contributed by atoms with Crippen molar-refractivity contribution in [3.63, 3.8) is 0 Å². The van der Waals surface area contributed by atoms with Gasteiger partial charge in [0.2, 0.25) is 5.91 Å². The van der Waals surface area contributed by atoms with Gasteiger partial charge in [-0.3, -0.25) is 4.79 Å². The topological polar surface area (TPSA) is 20.3 Å². The van der Waals surface area contributed by atoms with Crippen molar-refractivity contribution in [1.82, 2.24) is 0 Å². The number of anilines is 1. The fourth-order valence-corrected chi connectivity index (χ4v) is 1.13. The quantitative estimate of drug-likeness (QED) is 0.549. The Kier molecular flexibility index (Phi) is 2.43. The first-order valence-corrected chi connectivity index (χ1v) is 4.40. The minimum absolute atomic E-state index is 0.114. The number of amides is 1. The van der Waals surface area contributed by atoms with Gasteiger partial charge >= 0.3 is 0 Å². The number of rotatable bonds is 1. The maximum atomic E-state index is 10.9. The van der Waals surface area contributed by atoms with Gasteiger partial charge in [0.1, 0.15) is 10.4 Å². The van der Waals surface area contributed by atoms with Gasteiger partial charge in [0.15, 0.2) is 0 Å². The third-order valence-corrected chi connectivity index (χ3v) is 2.76. The van der Waals surface area contributed by atoms with Gasteiger partial charge < -0.3 is 4.57 Å². The van der Waals surface area contributed by atoms with Gasteiger partial charge in [-0.15, -0.1) is 0 Å². The molecule has 0 saturated heterocycles. The molecule has 0 N–H and O–H groups in total. The number of benzene rings is 1. The second kappa shape index (κ2) is 3.34. The summed E-state index contributed by atoms with van der Waals surface area (Å²) in [5.41, 5.74) is 0.992. The lowest BCUT2D eigenvalue weighted by Gasteiger charge is -2.14. The lowest BCUT2D eigenvalue weighted by atomic mass is 10.3. The van der Waals surface area contributed by atoms with Crippen LogP contribution in [0.2, 0.25) is 0 Å². The first kappa shape index (κ1) is 8.01. The van der Waals surface area contributed by atoms with Gasteiger partial charge in [0.25, 0.3) is 0 Å². The van der Waals surface area contributed by atoms with Crippen LogP contribution in [0.4, 0.5) is 5.69 Å². The molecule has 1 rings (SSSR count). The molecule has 58 valence electrons. The number of hydrogen-bond donors (Lipinski definition) is 0. The van der Waals surface area contributed by atoms with Gasteiger partial charge in [-0.2, -0.15) is 0 Å². The summed E-state index contributed by atoms with van der Waals surface area (Å²) in [6, 6.07) is 9.69. The highest BCUT2D eigenvalue weighted by atomic mass is 28.2. The number of carbonyl (C=O) groups is 1. The zero-order valence-electron chi connectivity index (χ0n) is 6.74. The second-order valence-electron chi connectivity index (χ2n) is 2.41. The maximum Gasteiger partial charge on any atom is 0.215 e. The van der Waals surface area contributed by atoms with Crippen molar-refractivity contribution in [2.45, 2.75) is 6.92 Å². The van der Waals surface area contributed by atoms with Crippen molar-refractivity contribution in [2.24, 2.45) is 0 Å². The van der Waals surface area contributed by atoms with E-state index >= 15 is 0 Å². The summed E-state index contributed by atoms with van der Waals surface area (Å²) in [4.78, 5) is 10.9. The number of carbonyl (C=O) groups excluding carboxylic acids is 1. The van der Waals surface area contributed by atoms with E-state index in [-0.39, 0.29) is 5.91 Å². The molecule has 1 aromatic carbocycles. The molecule has 0 atom stereocenters. The van der Waals surface area contributed by atoms with Gasteiger partial charge in [0.05, 0.1) is 0 Å². The summed E-state index contributed by atoms with van der Waals surface area (Å²) < 4.78 is 1.75. The second-order valence-corrected chi connectivity index (χ2v) is 3.31. The Balaban J connectivity index is 2.85. The molecule has 1 aromatic rings.